The highest BCUT2D eigenvalue weighted by Crippen LogP contribution is 2.67. The van der Waals surface area contributed by atoms with E-state index in [1.165, 1.54) is 32.1 Å². The number of Topliss-reactive ketones (excluding diaryl/α,β-unsaturated/α-hetero) is 2. The molecule has 0 saturated heterocycles. The van der Waals surface area contributed by atoms with Crippen LogP contribution in [0.5, 0.6) is 0 Å². The highest BCUT2D eigenvalue weighted by molar-refractivity contribution is 5.90. The maximum absolute atomic E-state index is 13.3. The van der Waals surface area contributed by atoms with E-state index in [0.717, 1.165) is 18.8 Å². The normalized spacial score (nSPS) is 44.8. The largest absolute Gasteiger partial charge is 0.300 e. The molecule has 0 bridgehead atoms. The lowest BCUT2D eigenvalue weighted by Gasteiger charge is -2.59. The Balaban J connectivity index is 1.54. The summed E-state index contributed by atoms with van der Waals surface area (Å²) in [7, 11) is 0. The van der Waals surface area contributed by atoms with Crippen molar-refractivity contribution in [3.05, 3.63) is 12.2 Å². The minimum Gasteiger partial charge on any atom is -0.300 e. The molecule has 4 rings (SSSR count). The van der Waals surface area contributed by atoms with E-state index in [4.69, 9.17) is 0 Å². The Morgan fingerprint density at radius 2 is 1.65 bits per heavy atom. The molecule has 0 spiro atoms. The van der Waals surface area contributed by atoms with Crippen LogP contribution < -0.4 is 0 Å². The van der Waals surface area contributed by atoms with Gasteiger partial charge in [0.05, 0.1) is 0 Å². The van der Waals surface area contributed by atoms with Crippen LogP contribution in [0.2, 0.25) is 0 Å². The Bertz CT molecular complexity index is 735. The monoisotopic (exact) mass is 426 g/mol. The summed E-state index contributed by atoms with van der Waals surface area (Å²) in [6.45, 7) is 14.4. The van der Waals surface area contributed by atoms with Gasteiger partial charge in [-0.1, -0.05) is 53.7 Å². The van der Waals surface area contributed by atoms with E-state index in [1.807, 2.05) is 0 Å². The van der Waals surface area contributed by atoms with Crippen LogP contribution in [-0.4, -0.2) is 11.6 Å². The first kappa shape index (κ1) is 23.2. The number of rotatable bonds is 5. The molecule has 4 saturated carbocycles. The van der Waals surface area contributed by atoms with Crippen molar-refractivity contribution in [1.82, 2.24) is 0 Å². The molecule has 2 heteroatoms. The minimum atomic E-state index is 0.0143. The molecule has 3 unspecified atom stereocenters. The average molecular weight is 427 g/mol. The van der Waals surface area contributed by atoms with Gasteiger partial charge in [-0.15, -0.1) is 0 Å². The molecule has 0 radical (unpaired) electrons. The minimum absolute atomic E-state index is 0.0143. The standard InChI is InChI=1S/C29H46O2/c1-7-20(18(2)3)9-8-19(4)23-10-11-24-22-17-27(31)26-16-21(30)12-14-29(26,6)25(22)13-15-28(23,24)5/h8-9,18-20,22-26H,7,10-17H2,1-6H3/b9-8+/t19-,20-,22?,23-,24?,25?,26-,28-,29-/m1/s1. The Morgan fingerprint density at radius 3 is 2.32 bits per heavy atom. The Kier molecular flexibility index (Phi) is 6.34. The van der Waals surface area contributed by atoms with Crippen molar-refractivity contribution >= 4 is 11.6 Å². The number of carbonyl (C=O) groups is 2. The molecular weight excluding hydrogens is 380 g/mol. The molecule has 0 aliphatic heterocycles. The maximum atomic E-state index is 13.3. The van der Waals surface area contributed by atoms with Gasteiger partial charge >= 0.3 is 0 Å². The fraction of sp³-hybridized carbons (Fsp3) is 0.862. The Labute approximate surface area is 191 Å². The molecular formula is C29H46O2. The molecule has 0 aromatic rings. The van der Waals surface area contributed by atoms with Crippen LogP contribution in [0.4, 0.5) is 0 Å². The van der Waals surface area contributed by atoms with Crippen molar-refractivity contribution in [3.63, 3.8) is 0 Å². The first-order valence-corrected chi connectivity index (χ1v) is 13.3. The van der Waals surface area contributed by atoms with Crippen molar-refractivity contribution in [3.8, 4) is 0 Å². The van der Waals surface area contributed by atoms with Gasteiger partial charge in [0, 0.05) is 25.2 Å². The molecule has 31 heavy (non-hydrogen) atoms. The quantitative estimate of drug-likeness (QED) is 0.433. The van der Waals surface area contributed by atoms with Crippen molar-refractivity contribution in [2.75, 3.05) is 0 Å². The third-order valence-electron chi connectivity index (χ3n) is 11.0. The number of allylic oxidation sites excluding steroid dienone is 2. The van der Waals surface area contributed by atoms with Gasteiger partial charge in [0.25, 0.3) is 0 Å². The lowest BCUT2D eigenvalue weighted by Crippen LogP contribution is -2.56. The van der Waals surface area contributed by atoms with Gasteiger partial charge in [-0.05, 0) is 90.8 Å². The Hall–Kier alpha value is -0.920. The molecule has 0 amide bonds. The van der Waals surface area contributed by atoms with Gasteiger partial charge in [0.15, 0.2) is 0 Å². The predicted molar refractivity (Wildman–Crippen MR) is 128 cm³/mol. The Morgan fingerprint density at radius 1 is 0.935 bits per heavy atom. The zero-order valence-corrected chi connectivity index (χ0v) is 21.0. The second kappa shape index (κ2) is 8.45. The van der Waals surface area contributed by atoms with Gasteiger partial charge in [-0.2, -0.15) is 0 Å². The first-order chi connectivity index (χ1) is 14.6. The summed E-state index contributed by atoms with van der Waals surface area (Å²) < 4.78 is 0. The number of ketones is 2. The highest BCUT2D eigenvalue weighted by Gasteiger charge is 2.62. The molecule has 0 aromatic carbocycles. The third kappa shape index (κ3) is 3.78. The number of fused-ring (bicyclic) bond motifs is 5. The first-order valence-electron chi connectivity index (χ1n) is 13.3. The second-order valence-electron chi connectivity index (χ2n) is 12.6. The topological polar surface area (TPSA) is 34.1 Å². The van der Waals surface area contributed by atoms with Gasteiger partial charge in [-0.3, -0.25) is 9.59 Å². The highest BCUT2D eigenvalue weighted by atomic mass is 16.1. The fourth-order valence-corrected chi connectivity index (χ4v) is 9.02. The van der Waals surface area contributed by atoms with Gasteiger partial charge < -0.3 is 0 Å². The van der Waals surface area contributed by atoms with Crippen LogP contribution in [0.25, 0.3) is 0 Å². The maximum Gasteiger partial charge on any atom is 0.137 e. The summed E-state index contributed by atoms with van der Waals surface area (Å²) in [5, 5.41) is 0. The molecule has 4 aliphatic carbocycles. The van der Waals surface area contributed by atoms with Crippen molar-refractivity contribution in [2.45, 2.75) is 99.3 Å². The van der Waals surface area contributed by atoms with E-state index in [1.54, 1.807) is 0 Å². The van der Waals surface area contributed by atoms with Crippen LogP contribution in [0, 0.1) is 58.2 Å². The predicted octanol–water partition coefficient (Wildman–Crippen LogP) is 7.27. The summed E-state index contributed by atoms with van der Waals surface area (Å²) in [5.41, 5.74) is 0.447. The van der Waals surface area contributed by atoms with Gasteiger partial charge in [0.2, 0.25) is 0 Å². The van der Waals surface area contributed by atoms with Crippen molar-refractivity contribution < 1.29 is 9.59 Å². The summed E-state index contributed by atoms with van der Waals surface area (Å²) in [4.78, 5) is 25.4. The molecule has 4 fully saturated rings. The van der Waals surface area contributed by atoms with E-state index in [9.17, 15) is 9.59 Å². The molecule has 0 N–H and O–H groups in total. The molecule has 174 valence electrons. The molecule has 9 atom stereocenters. The van der Waals surface area contributed by atoms with Crippen LogP contribution in [0.3, 0.4) is 0 Å². The number of hydrogen-bond donors (Lipinski definition) is 0. The van der Waals surface area contributed by atoms with Crippen molar-refractivity contribution in [2.24, 2.45) is 58.2 Å². The summed E-state index contributed by atoms with van der Waals surface area (Å²) in [5.74, 6) is 5.41. The second-order valence-corrected chi connectivity index (χ2v) is 12.6. The van der Waals surface area contributed by atoms with Crippen molar-refractivity contribution in [1.29, 1.82) is 0 Å². The van der Waals surface area contributed by atoms with Gasteiger partial charge in [0.1, 0.15) is 11.6 Å². The average Bonchev–Trinajstić information content (AvgIpc) is 3.07. The smallest absolute Gasteiger partial charge is 0.137 e. The van der Waals surface area contributed by atoms with Crippen LogP contribution in [-0.2, 0) is 9.59 Å². The molecule has 4 aliphatic rings. The van der Waals surface area contributed by atoms with Gasteiger partial charge in [-0.25, -0.2) is 0 Å². The summed E-state index contributed by atoms with van der Waals surface area (Å²) in [6, 6.07) is 0. The van der Waals surface area contributed by atoms with Crippen LogP contribution >= 0.6 is 0 Å². The third-order valence-corrected chi connectivity index (χ3v) is 11.0. The molecule has 2 nitrogen and oxygen atoms in total. The summed E-state index contributed by atoms with van der Waals surface area (Å²) >= 11 is 0. The zero-order valence-electron chi connectivity index (χ0n) is 21.0. The number of carbonyl (C=O) groups excluding carboxylic acids is 2. The summed E-state index contributed by atoms with van der Waals surface area (Å²) in [6.07, 6.45) is 14.4. The van der Waals surface area contributed by atoms with E-state index >= 15 is 0 Å². The zero-order chi connectivity index (χ0) is 22.6. The lowest BCUT2D eigenvalue weighted by atomic mass is 9.44. The lowest BCUT2D eigenvalue weighted by molar-refractivity contribution is -0.158. The molecule has 0 heterocycles. The van der Waals surface area contributed by atoms with E-state index in [2.05, 4.69) is 53.7 Å². The number of hydrogen-bond acceptors (Lipinski definition) is 2. The van der Waals surface area contributed by atoms with Crippen LogP contribution in [0.1, 0.15) is 99.3 Å². The van der Waals surface area contributed by atoms with Crippen LogP contribution in [0.15, 0.2) is 12.2 Å². The molecule has 0 aromatic heterocycles. The van der Waals surface area contributed by atoms with E-state index in [0.29, 0.717) is 65.3 Å². The fourth-order valence-electron chi connectivity index (χ4n) is 9.02. The SMILES string of the molecule is CC[C@H](/C=C/[C@@H](C)[C@H]1CCC2C3CC(=O)[C@H]4CC(=O)CC[C@]4(C)C3CC[C@@]21C)C(C)C. The van der Waals surface area contributed by atoms with E-state index < -0.39 is 0 Å². The van der Waals surface area contributed by atoms with E-state index in [-0.39, 0.29) is 11.3 Å².